The van der Waals surface area contributed by atoms with Crippen molar-refractivity contribution in [2.45, 2.75) is 58.3 Å². The molecule has 0 spiro atoms. The molecule has 0 aromatic carbocycles. The van der Waals surface area contributed by atoms with Crippen molar-refractivity contribution in [1.82, 2.24) is 0 Å². The minimum absolute atomic E-state index is 0.702. The first-order chi connectivity index (χ1) is 10.4. The van der Waals surface area contributed by atoms with E-state index < -0.39 is 0 Å². The van der Waals surface area contributed by atoms with E-state index in [0.717, 1.165) is 38.2 Å². The first-order valence-corrected chi connectivity index (χ1v) is 8.78. The molecule has 0 N–H and O–H groups in total. The minimum atomic E-state index is 0.702. The molecule has 2 heteroatoms. The van der Waals surface area contributed by atoms with Gasteiger partial charge in [-0.1, -0.05) is 44.1 Å². The van der Waals surface area contributed by atoms with Crippen molar-refractivity contribution in [3.8, 4) is 0 Å². The lowest BCUT2D eigenvalue weighted by atomic mass is 10.2. The van der Waals surface area contributed by atoms with Crippen molar-refractivity contribution in [3.05, 3.63) is 42.2 Å². The van der Waals surface area contributed by atoms with Gasteiger partial charge in [0.05, 0.1) is 13.2 Å². The maximum Gasteiger partial charge on any atom is 0.0647 e. The standard InChI is InChI=1S/C19H31ClO/c1-2-3-4-5-6-7-9-12-15-18-21-19-16-13-10-8-11-14-17-20/h6-8,12-13,15H,2-5,9,11,14,16-19H2,1H3. The molecule has 1 nitrogen and oxygen atoms in total. The van der Waals surface area contributed by atoms with Crippen LogP contribution in [0.25, 0.3) is 0 Å². The predicted molar refractivity (Wildman–Crippen MR) is 95.1 cm³/mol. The van der Waals surface area contributed by atoms with Gasteiger partial charge in [0.25, 0.3) is 0 Å². The van der Waals surface area contributed by atoms with Crippen LogP contribution < -0.4 is 0 Å². The topological polar surface area (TPSA) is 9.23 Å². The molecule has 0 amide bonds. The first kappa shape index (κ1) is 20.2. The molecule has 0 fully saturated rings. The normalized spacial score (nSPS) is 11.1. The molecule has 0 unspecified atom stereocenters. The van der Waals surface area contributed by atoms with Gasteiger partial charge in [-0.25, -0.2) is 0 Å². The van der Waals surface area contributed by atoms with Crippen LogP contribution in [0.2, 0.25) is 0 Å². The first-order valence-electron chi connectivity index (χ1n) is 8.25. The molecule has 0 atom stereocenters. The fraction of sp³-hybridized carbons (Fsp3) is 0.632. The van der Waals surface area contributed by atoms with E-state index in [9.17, 15) is 0 Å². The smallest absolute Gasteiger partial charge is 0.0647 e. The Morgan fingerprint density at radius 3 is 2.52 bits per heavy atom. The summed E-state index contributed by atoms with van der Waals surface area (Å²) in [6.07, 6.45) is 22.0. The van der Waals surface area contributed by atoms with Crippen LogP contribution in [-0.2, 0) is 4.74 Å². The molecule has 0 heterocycles. The van der Waals surface area contributed by atoms with E-state index in [2.05, 4.69) is 37.0 Å². The third-order valence-corrected chi connectivity index (χ3v) is 3.19. The second kappa shape index (κ2) is 19.2. The zero-order chi connectivity index (χ0) is 15.4. The average Bonchev–Trinajstić information content (AvgIpc) is 2.50. The summed E-state index contributed by atoms with van der Waals surface area (Å²) in [5, 5.41) is 0. The van der Waals surface area contributed by atoms with Crippen molar-refractivity contribution < 1.29 is 4.74 Å². The summed E-state index contributed by atoms with van der Waals surface area (Å²) in [6.45, 7) is 3.70. The number of alkyl halides is 1. The van der Waals surface area contributed by atoms with Gasteiger partial charge < -0.3 is 4.74 Å². The van der Waals surface area contributed by atoms with Gasteiger partial charge in [0.1, 0.15) is 0 Å². The van der Waals surface area contributed by atoms with E-state index in [4.69, 9.17) is 16.3 Å². The van der Waals surface area contributed by atoms with Gasteiger partial charge in [-0.2, -0.15) is 0 Å². The van der Waals surface area contributed by atoms with Crippen molar-refractivity contribution in [1.29, 1.82) is 0 Å². The number of unbranched alkanes of at least 4 members (excludes halogenated alkanes) is 4. The molecule has 21 heavy (non-hydrogen) atoms. The lowest BCUT2D eigenvalue weighted by Crippen LogP contribution is -1.91. The third-order valence-electron chi connectivity index (χ3n) is 2.92. The van der Waals surface area contributed by atoms with Crippen molar-refractivity contribution in [3.63, 3.8) is 0 Å². The second-order valence-corrected chi connectivity index (χ2v) is 5.32. The van der Waals surface area contributed by atoms with Gasteiger partial charge in [-0.15, -0.1) is 17.3 Å². The van der Waals surface area contributed by atoms with E-state index in [1.165, 1.54) is 25.7 Å². The van der Waals surface area contributed by atoms with Crippen LogP contribution in [0.1, 0.15) is 58.3 Å². The molecule has 0 bridgehead atoms. The quantitative estimate of drug-likeness (QED) is 0.160. The summed E-state index contributed by atoms with van der Waals surface area (Å²) in [7, 11) is 0. The number of halogens is 1. The van der Waals surface area contributed by atoms with E-state index in [0.29, 0.717) is 6.61 Å². The highest BCUT2D eigenvalue weighted by molar-refractivity contribution is 6.17. The Hall–Kier alpha value is -0.750. The summed E-state index contributed by atoms with van der Waals surface area (Å²) in [4.78, 5) is 0. The number of hydrogen-bond acceptors (Lipinski definition) is 1. The van der Waals surface area contributed by atoms with Crippen LogP contribution in [0.3, 0.4) is 0 Å². The van der Waals surface area contributed by atoms with Crippen LogP contribution in [0.4, 0.5) is 0 Å². The van der Waals surface area contributed by atoms with Crippen LogP contribution in [-0.4, -0.2) is 19.1 Å². The zero-order valence-corrected chi connectivity index (χ0v) is 14.3. The highest BCUT2D eigenvalue weighted by atomic mass is 35.5. The fourth-order valence-corrected chi connectivity index (χ4v) is 1.85. The molecule has 0 aliphatic rings. The zero-order valence-electron chi connectivity index (χ0n) is 13.5. The van der Waals surface area contributed by atoms with Gasteiger partial charge in [-0.3, -0.25) is 0 Å². The highest BCUT2D eigenvalue weighted by Crippen LogP contribution is 2.00. The molecule has 0 saturated heterocycles. The minimum Gasteiger partial charge on any atom is -0.377 e. The number of ether oxygens (including phenoxy) is 1. The van der Waals surface area contributed by atoms with E-state index in [-0.39, 0.29) is 0 Å². The molecular formula is C19H31ClO. The van der Waals surface area contributed by atoms with Gasteiger partial charge in [0.15, 0.2) is 0 Å². The Labute approximate surface area is 136 Å². The van der Waals surface area contributed by atoms with Crippen LogP contribution in [0.5, 0.6) is 0 Å². The number of allylic oxidation sites excluding steroid dienone is 3. The molecule has 0 aliphatic carbocycles. The van der Waals surface area contributed by atoms with Crippen molar-refractivity contribution in [2.24, 2.45) is 0 Å². The van der Waals surface area contributed by atoms with Gasteiger partial charge in [0, 0.05) is 5.88 Å². The molecule has 0 aromatic heterocycles. The Balaban J connectivity index is 3.30. The predicted octanol–water partition coefficient (Wildman–Crippen LogP) is 6.21. The monoisotopic (exact) mass is 310 g/mol. The van der Waals surface area contributed by atoms with E-state index in [1.54, 1.807) is 0 Å². The largest absolute Gasteiger partial charge is 0.377 e. The maximum atomic E-state index is 5.58. The summed E-state index contributed by atoms with van der Waals surface area (Å²) in [5.74, 6) is 0.724. The van der Waals surface area contributed by atoms with Crippen molar-refractivity contribution >= 4 is 11.6 Å². The van der Waals surface area contributed by atoms with Gasteiger partial charge in [0.2, 0.25) is 0 Å². The van der Waals surface area contributed by atoms with Crippen LogP contribution in [0, 0.1) is 0 Å². The van der Waals surface area contributed by atoms with E-state index in [1.807, 2.05) is 12.2 Å². The Morgan fingerprint density at radius 1 is 0.905 bits per heavy atom. The summed E-state index contributed by atoms with van der Waals surface area (Å²) < 4.78 is 5.50. The fourth-order valence-electron chi connectivity index (χ4n) is 1.69. The van der Waals surface area contributed by atoms with E-state index >= 15 is 0 Å². The maximum absolute atomic E-state index is 5.58. The Morgan fingerprint density at radius 2 is 1.71 bits per heavy atom. The summed E-state index contributed by atoms with van der Waals surface area (Å²) in [5.41, 5.74) is 3.14. The Bertz CT molecular complexity index is 312. The number of rotatable bonds is 14. The molecule has 120 valence electrons. The summed E-state index contributed by atoms with van der Waals surface area (Å²) in [6, 6.07) is 0. The molecule has 0 aliphatic heterocycles. The average molecular weight is 311 g/mol. The second-order valence-electron chi connectivity index (χ2n) is 4.94. The molecule has 0 rings (SSSR count). The molecule has 0 aromatic rings. The lowest BCUT2D eigenvalue weighted by Gasteiger charge is -1.95. The van der Waals surface area contributed by atoms with Crippen molar-refractivity contribution in [2.75, 3.05) is 19.1 Å². The SMILES string of the molecule is CCCCCC=CCC=CCOCCC=C=CCCCCl. The third kappa shape index (κ3) is 19.2. The Kier molecular flexibility index (Phi) is 18.6. The highest BCUT2D eigenvalue weighted by Gasteiger charge is 1.83. The molecule has 0 saturated carbocycles. The lowest BCUT2D eigenvalue weighted by molar-refractivity contribution is 0.167. The molecular weight excluding hydrogens is 280 g/mol. The summed E-state index contributed by atoms with van der Waals surface area (Å²) >= 11 is 5.58. The van der Waals surface area contributed by atoms with Crippen LogP contribution >= 0.6 is 11.6 Å². The molecule has 0 radical (unpaired) electrons. The van der Waals surface area contributed by atoms with Crippen LogP contribution in [0.15, 0.2) is 42.2 Å². The van der Waals surface area contributed by atoms with Gasteiger partial charge >= 0.3 is 0 Å². The number of hydrogen-bond donors (Lipinski definition) is 0. The van der Waals surface area contributed by atoms with Gasteiger partial charge in [-0.05, 0) is 50.7 Å².